The number of hydrogen-bond acceptors (Lipinski definition) is 1. The van der Waals surface area contributed by atoms with Crippen LogP contribution in [0.25, 0.3) is 0 Å². The zero-order chi connectivity index (χ0) is 10.5. The van der Waals surface area contributed by atoms with E-state index in [1.165, 1.54) is 23.9 Å². The predicted molar refractivity (Wildman–Crippen MR) is 56.7 cm³/mol. The molecule has 1 nitrogen and oxygen atoms in total. The molecular weight excluding hydrogens is 317 g/mol. The van der Waals surface area contributed by atoms with E-state index in [1.807, 2.05) is 42.5 Å². The maximum absolute atomic E-state index is 5.73. The third kappa shape index (κ3) is 3.73. The van der Waals surface area contributed by atoms with Crippen LogP contribution in [0.4, 0.5) is 0 Å². The Morgan fingerprint density at radius 3 is 2.25 bits per heavy atom. The quantitative estimate of drug-likeness (QED) is 0.747. The fraction of sp³-hybridized carbons (Fsp3) is 0.0769. The van der Waals surface area contributed by atoms with Gasteiger partial charge in [-0.3, -0.25) is 0 Å². The van der Waals surface area contributed by atoms with Crippen molar-refractivity contribution in [1.82, 2.24) is 0 Å². The molecular formula is C13H11BrOZn. The monoisotopic (exact) mass is 326 g/mol. The van der Waals surface area contributed by atoms with Gasteiger partial charge in [-0.05, 0) is 0 Å². The minimum atomic E-state index is 0. The van der Waals surface area contributed by atoms with E-state index in [1.54, 1.807) is 0 Å². The molecule has 0 aliphatic carbocycles. The second-order valence-corrected chi connectivity index (χ2v) is 4.36. The molecule has 0 aromatic heterocycles. The van der Waals surface area contributed by atoms with E-state index in [0.29, 0.717) is 0 Å². The molecule has 2 aromatic carbocycles. The second kappa shape index (κ2) is 6.83. The van der Waals surface area contributed by atoms with E-state index in [4.69, 9.17) is 4.74 Å². The van der Waals surface area contributed by atoms with E-state index in [2.05, 4.69) is 12.1 Å². The van der Waals surface area contributed by atoms with Gasteiger partial charge in [-0.2, -0.15) is 0 Å². The van der Waals surface area contributed by atoms with Crippen molar-refractivity contribution in [1.29, 1.82) is 0 Å². The first-order valence-corrected chi connectivity index (χ1v) is 7.09. The van der Waals surface area contributed by atoms with E-state index < -0.39 is 0 Å². The Kier molecular flexibility index (Phi) is 5.72. The van der Waals surface area contributed by atoms with Gasteiger partial charge in [0.25, 0.3) is 0 Å². The van der Waals surface area contributed by atoms with Crippen LogP contribution in [-0.2, 0) is 23.3 Å². The zero-order valence-corrected chi connectivity index (χ0v) is 13.4. The molecule has 0 atom stereocenters. The van der Waals surface area contributed by atoms with Crippen molar-refractivity contribution < 1.29 is 40.0 Å². The summed E-state index contributed by atoms with van der Waals surface area (Å²) in [4.78, 5) is 0. The fourth-order valence-corrected chi connectivity index (χ4v) is 2.04. The summed E-state index contributed by atoms with van der Waals surface area (Å²) in [6, 6.07) is 18.2. The van der Waals surface area contributed by atoms with Crippen molar-refractivity contribution in [2.24, 2.45) is 0 Å². The zero-order valence-electron chi connectivity index (χ0n) is 8.90. The van der Waals surface area contributed by atoms with Gasteiger partial charge in [0.05, 0.1) is 0 Å². The van der Waals surface area contributed by atoms with Crippen LogP contribution in [-0.4, -0.2) is 0 Å². The molecule has 3 heteroatoms. The number of ether oxygens (including phenoxy) is 1. The van der Waals surface area contributed by atoms with Crippen LogP contribution in [0.5, 0.6) is 11.5 Å². The molecule has 0 radical (unpaired) electrons. The maximum atomic E-state index is 5.73. The van der Waals surface area contributed by atoms with E-state index >= 15 is 0 Å². The van der Waals surface area contributed by atoms with Crippen LogP contribution in [0, 0.1) is 0 Å². The summed E-state index contributed by atoms with van der Waals surface area (Å²) in [7, 11) is 0. The standard InChI is InChI=1S/C13H11O.BrH.Zn/c1-11-6-5-9-13(10-11)14-12-7-3-2-4-8-12;;/h2-10H,1H2;1H;/q;;+1/p-1. The van der Waals surface area contributed by atoms with E-state index in [0.717, 1.165) is 16.5 Å². The number of rotatable bonds is 3. The molecule has 0 unspecified atom stereocenters. The molecule has 16 heavy (non-hydrogen) atoms. The average molecular weight is 329 g/mol. The van der Waals surface area contributed by atoms with Crippen molar-refractivity contribution >= 4 is 0 Å². The van der Waals surface area contributed by atoms with Gasteiger partial charge < -0.3 is 17.0 Å². The van der Waals surface area contributed by atoms with Crippen LogP contribution < -0.4 is 21.7 Å². The normalized spacial score (nSPS) is 9.38. The summed E-state index contributed by atoms with van der Waals surface area (Å²) in [6.07, 6.45) is 0. The average Bonchev–Trinajstić information content (AvgIpc) is 2.31. The Hall–Kier alpha value is -0.657. The molecule has 0 spiro atoms. The number of benzene rings is 2. The van der Waals surface area contributed by atoms with Crippen molar-refractivity contribution in [3.8, 4) is 11.5 Å². The van der Waals surface area contributed by atoms with Gasteiger partial charge in [-0.15, -0.1) is 0 Å². The third-order valence-corrected chi connectivity index (χ3v) is 3.38. The topological polar surface area (TPSA) is 9.23 Å². The Labute approximate surface area is 116 Å². The van der Waals surface area contributed by atoms with E-state index in [-0.39, 0.29) is 17.0 Å². The summed E-state index contributed by atoms with van der Waals surface area (Å²) in [5, 5.41) is 1.16. The first-order valence-electron chi connectivity index (χ1n) is 4.99. The third-order valence-electron chi connectivity index (χ3n) is 2.17. The SMILES string of the molecule is [Br-].[Zn+][CH2]c1cccc(Oc2ccccc2)c1. The molecule has 0 amide bonds. The molecule has 0 heterocycles. The number of halogens is 1. The first kappa shape index (κ1) is 13.4. The van der Waals surface area contributed by atoms with Crippen LogP contribution >= 0.6 is 0 Å². The van der Waals surface area contributed by atoms with Crippen molar-refractivity contribution in [3.63, 3.8) is 0 Å². The molecule has 0 fully saturated rings. The van der Waals surface area contributed by atoms with Crippen molar-refractivity contribution in [2.75, 3.05) is 0 Å². The van der Waals surface area contributed by atoms with Gasteiger partial charge in [0.1, 0.15) is 0 Å². The molecule has 2 rings (SSSR count). The number of para-hydroxylation sites is 1. The molecule has 78 valence electrons. The molecule has 0 saturated carbocycles. The van der Waals surface area contributed by atoms with Gasteiger partial charge in [0.2, 0.25) is 0 Å². The molecule has 0 saturated heterocycles. The molecule has 0 N–H and O–H groups in total. The van der Waals surface area contributed by atoms with Crippen LogP contribution in [0.2, 0.25) is 0 Å². The van der Waals surface area contributed by atoms with Crippen LogP contribution in [0.15, 0.2) is 54.6 Å². The Balaban J connectivity index is 0.00000128. The Morgan fingerprint density at radius 1 is 0.875 bits per heavy atom. The summed E-state index contributed by atoms with van der Waals surface area (Å²) < 4.78 is 5.73. The van der Waals surface area contributed by atoms with Crippen LogP contribution in [0.1, 0.15) is 5.56 Å². The van der Waals surface area contributed by atoms with E-state index in [9.17, 15) is 0 Å². The van der Waals surface area contributed by atoms with Gasteiger partial charge in [-0.1, -0.05) is 0 Å². The van der Waals surface area contributed by atoms with Gasteiger partial charge >= 0.3 is 99.7 Å². The summed E-state index contributed by atoms with van der Waals surface area (Å²) in [5.74, 6) is 1.81. The Bertz CT molecular complexity index is 431. The molecule has 0 aliphatic heterocycles. The second-order valence-electron chi connectivity index (χ2n) is 3.31. The Morgan fingerprint density at radius 2 is 1.56 bits per heavy atom. The summed E-state index contributed by atoms with van der Waals surface area (Å²) >= 11 is 1.29. The summed E-state index contributed by atoms with van der Waals surface area (Å²) in [5.41, 5.74) is 1.35. The number of hydrogen-bond donors (Lipinski definition) is 0. The minimum absolute atomic E-state index is 0. The predicted octanol–water partition coefficient (Wildman–Crippen LogP) is 0.530. The van der Waals surface area contributed by atoms with Crippen molar-refractivity contribution in [3.05, 3.63) is 60.2 Å². The molecule has 2 aromatic rings. The fourth-order valence-electron chi connectivity index (χ4n) is 1.39. The van der Waals surface area contributed by atoms with Gasteiger partial charge in [-0.25, -0.2) is 0 Å². The molecule has 0 aliphatic rings. The van der Waals surface area contributed by atoms with Gasteiger partial charge in [0.15, 0.2) is 0 Å². The van der Waals surface area contributed by atoms with Crippen molar-refractivity contribution in [2.45, 2.75) is 5.02 Å². The summed E-state index contributed by atoms with van der Waals surface area (Å²) in [6.45, 7) is 0. The van der Waals surface area contributed by atoms with Gasteiger partial charge in [0, 0.05) is 0 Å². The first-order chi connectivity index (χ1) is 7.38. The van der Waals surface area contributed by atoms with Crippen LogP contribution in [0.3, 0.4) is 0 Å². The molecule has 0 bridgehead atoms.